The molecule has 5 heteroatoms. The molecule has 0 spiro atoms. The molecule has 0 radical (unpaired) electrons. The molecular formula is C21H28N4O. The Morgan fingerprint density at radius 3 is 2.35 bits per heavy atom. The maximum absolute atomic E-state index is 12.2. The highest BCUT2D eigenvalue weighted by molar-refractivity contribution is 5.90. The molecule has 26 heavy (non-hydrogen) atoms. The summed E-state index contributed by atoms with van der Waals surface area (Å²) in [6.07, 6.45) is 4.02. The van der Waals surface area contributed by atoms with Crippen molar-refractivity contribution in [1.82, 2.24) is 9.88 Å². The third-order valence-corrected chi connectivity index (χ3v) is 4.93. The lowest BCUT2D eigenvalue weighted by Crippen LogP contribution is -2.44. The van der Waals surface area contributed by atoms with Gasteiger partial charge in [-0.3, -0.25) is 4.79 Å². The fraction of sp³-hybridized carbons (Fsp3) is 0.429. The lowest BCUT2D eigenvalue weighted by molar-refractivity contribution is -0.116. The number of anilines is 2. The number of nitrogens with zero attached hydrogens (tertiary/aromatic N) is 3. The topological polar surface area (TPSA) is 48.5 Å². The lowest BCUT2D eigenvalue weighted by Gasteiger charge is -2.33. The molecule has 1 aromatic heterocycles. The van der Waals surface area contributed by atoms with E-state index in [1.807, 2.05) is 12.1 Å². The number of aryl methyl sites for hydroxylation is 2. The molecule has 1 saturated heterocycles. The summed E-state index contributed by atoms with van der Waals surface area (Å²) in [5, 5.41) is 2.94. The Kier molecular flexibility index (Phi) is 6.23. The van der Waals surface area contributed by atoms with Crippen molar-refractivity contribution < 1.29 is 4.79 Å². The van der Waals surface area contributed by atoms with Gasteiger partial charge < -0.3 is 15.1 Å². The standard InChI is InChI=1S/C21H28N4O/c1-3-17-4-6-18(7-5-17)8-11-21(26)23-19-9-10-20(22-16-19)25-14-12-24(2)13-15-25/h4-7,9-10,16H,3,8,11-15H2,1-2H3,(H,23,26). The maximum Gasteiger partial charge on any atom is 0.224 e. The SMILES string of the molecule is CCc1ccc(CCC(=O)Nc2ccc(N3CCN(C)CC3)nc2)cc1. The van der Waals surface area contributed by atoms with Crippen LogP contribution in [0.15, 0.2) is 42.6 Å². The molecule has 0 atom stereocenters. The van der Waals surface area contributed by atoms with E-state index < -0.39 is 0 Å². The zero-order chi connectivity index (χ0) is 18.4. The molecule has 2 aromatic rings. The van der Waals surface area contributed by atoms with E-state index in [2.05, 4.69) is 58.3 Å². The zero-order valence-electron chi connectivity index (χ0n) is 15.7. The van der Waals surface area contributed by atoms with E-state index in [1.165, 1.54) is 11.1 Å². The van der Waals surface area contributed by atoms with Crippen molar-refractivity contribution in [2.75, 3.05) is 43.4 Å². The van der Waals surface area contributed by atoms with E-state index in [9.17, 15) is 4.79 Å². The van der Waals surface area contributed by atoms with Gasteiger partial charge in [0.2, 0.25) is 5.91 Å². The molecule has 0 aliphatic carbocycles. The van der Waals surface area contributed by atoms with E-state index in [4.69, 9.17) is 0 Å². The smallest absolute Gasteiger partial charge is 0.224 e. The summed E-state index contributed by atoms with van der Waals surface area (Å²) < 4.78 is 0. The number of amides is 1. The van der Waals surface area contributed by atoms with Crippen LogP contribution in [0.3, 0.4) is 0 Å². The monoisotopic (exact) mass is 352 g/mol. The van der Waals surface area contributed by atoms with Crippen molar-refractivity contribution in [2.45, 2.75) is 26.2 Å². The number of piperazine rings is 1. The third-order valence-electron chi connectivity index (χ3n) is 4.93. The largest absolute Gasteiger partial charge is 0.354 e. The van der Waals surface area contributed by atoms with Crippen LogP contribution in [0.1, 0.15) is 24.5 Å². The predicted octanol–water partition coefficient (Wildman–Crippen LogP) is 2.97. The molecule has 1 aromatic carbocycles. The summed E-state index contributed by atoms with van der Waals surface area (Å²) >= 11 is 0. The number of carbonyl (C=O) groups excluding carboxylic acids is 1. The van der Waals surface area contributed by atoms with Gasteiger partial charge in [-0.05, 0) is 43.1 Å². The minimum Gasteiger partial charge on any atom is -0.354 e. The average Bonchev–Trinajstić information content (AvgIpc) is 2.68. The molecule has 1 amide bonds. The number of hydrogen-bond acceptors (Lipinski definition) is 4. The van der Waals surface area contributed by atoms with Gasteiger partial charge in [0.15, 0.2) is 0 Å². The van der Waals surface area contributed by atoms with Crippen molar-refractivity contribution in [3.63, 3.8) is 0 Å². The summed E-state index contributed by atoms with van der Waals surface area (Å²) in [6.45, 7) is 6.24. The minimum atomic E-state index is 0.0266. The van der Waals surface area contributed by atoms with Gasteiger partial charge in [0.1, 0.15) is 5.82 Å². The highest BCUT2D eigenvalue weighted by Crippen LogP contribution is 2.16. The number of nitrogens with one attached hydrogen (secondary N) is 1. The summed E-state index contributed by atoms with van der Waals surface area (Å²) in [5.41, 5.74) is 3.28. The molecule has 0 unspecified atom stereocenters. The quantitative estimate of drug-likeness (QED) is 0.868. The molecule has 1 N–H and O–H groups in total. The van der Waals surface area contributed by atoms with Crippen LogP contribution in [0, 0.1) is 0 Å². The van der Waals surface area contributed by atoms with E-state index >= 15 is 0 Å². The number of likely N-dealkylation sites (N-methyl/N-ethyl adjacent to an activating group) is 1. The summed E-state index contributed by atoms with van der Waals surface area (Å²) in [5.74, 6) is 1.01. The predicted molar refractivity (Wildman–Crippen MR) is 107 cm³/mol. The van der Waals surface area contributed by atoms with Crippen molar-refractivity contribution >= 4 is 17.4 Å². The van der Waals surface area contributed by atoms with Gasteiger partial charge in [-0.2, -0.15) is 0 Å². The van der Waals surface area contributed by atoms with Crippen molar-refractivity contribution in [1.29, 1.82) is 0 Å². The van der Waals surface area contributed by atoms with Crippen molar-refractivity contribution in [3.8, 4) is 0 Å². The molecule has 1 fully saturated rings. The first-order valence-corrected chi connectivity index (χ1v) is 9.41. The van der Waals surface area contributed by atoms with Gasteiger partial charge in [0.25, 0.3) is 0 Å². The summed E-state index contributed by atoms with van der Waals surface area (Å²) in [7, 11) is 2.14. The molecule has 3 rings (SSSR count). The second kappa shape index (κ2) is 8.81. The Balaban J connectivity index is 1.47. The fourth-order valence-corrected chi connectivity index (χ4v) is 3.11. The maximum atomic E-state index is 12.2. The second-order valence-corrected chi connectivity index (χ2v) is 6.91. The van der Waals surface area contributed by atoms with Gasteiger partial charge >= 0.3 is 0 Å². The highest BCUT2D eigenvalue weighted by Gasteiger charge is 2.15. The number of aromatic nitrogens is 1. The van der Waals surface area contributed by atoms with Crippen LogP contribution in [0.2, 0.25) is 0 Å². The molecule has 5 nitrogen and oxygen atoms in total. The van der Waals surface area contributed by atoms with Crippen LogP contribution >= 0.6 is 0 Å². The van der Waals surface area contributed by atoms with Crippen LogP contribution in [0.4, 0.5) is 11.5 Å². The normalized spacial score (nSPS) is 15.1. The molecule has 0 bridgehead atoms. The first-order chi connectivity index (χ1) is 12.6. The molecule has 0 saturated carbocycles. The van der Waals surface area contributed by atoms with Gasteiger partial charge in [-0.25, -0.2) is 4.98 Å². The van der Waals surface area contributed by atoms with Crippen LogP contribution in [0.25, 0.3) is 0 Å². The van der Waals surface area contributed by atoms with Crippen LogP contribution in [-0.4, -0.2) is 49.0 Å². The minimum absolute atomic E-state index is 0.0266. The Labute approximate surface area is 156 Å². The number of carbonyl (C=O) groups is 1. The molecular weight excluding hydrogens is 324 g/mol. The van der Waals surface area contributed by atoms with Crippen LogP contribution in [0.5, 0.6) is 0 Å². The van der Waals surface area contributed by atoms with Crippen molar-refractivity contribution in [2.24, 2.45) is 0 Å². The third kappa shape index (κ3) is 5.05. The Morgan fingerprint density at radius 2 is 1.73 bits per heavy atom. The first kappa shape index (κ1) is 18.4. The van der Waals surface area contributed by atoms with E-state index in [0.717, 1.165) is 50.5 Å². The summed E-state index contributed by atoms with van der Waals surface area (Å²) in [6, 6.07) is 12.4. The van der Waals surface area contributed by atoms with E-state index in [1.54, 1.807) is 6.20 Å². The Hall–Kier alpha value is -2.40. The Morgan fingerprint density at radius 1 is 1.04 bits per heavy atom. The van der Waals surface area contributed by atoms with Gasteiger partial charge in [-0.15, -0.1) is 0 Å². The molecule has 2 heterocycles. The number of hydrogen-bond donors (Lipinski definition) is 1. The summed E-state index contributed by atoms with van der Waals surface area (Å²) in [4.78, 5) is 21.3. The van der Waals surface area contributed by atoms with Crippen molar-refractivity contribution in [3.05, 3.63) is 53.7 Å². The second-order valence-electron chi connectivity index (χ2n) is 6.91. The lowest BCUT2D eigenvalue weighted by atomic mass is 10.1. The Bertz CT molecular complexity index is 704. The van der Waals surface area contributed by atoms with Crippen LogP contribution in [-0.2, 0) is 17.6 Å². The average molecular weight is 352 g/mol. The molecule has 1 aliphatic rings. The van der Waals surface area contributed by atoms with E-state index in [-0.39, 0.29) is 5.91 Å². The van der Waals surface area contributed by atoms with Gasteiger partial charge in [0, 0.05) is 32.6 Å². The number of benzene rings is 1. The number of rotatable bonds is 6. The van der Waals surface area contributed by atoms with Gasteiger partial charge in [0.05, 0.1) is 11.9 Å². The molecule has 1 aliphatic heterocycles. The highest BCUT2D eigenvalue weighted by atomic mass is 16.1. The first-order valence-electron chi connectivity index (χ1n) is 9.41. The van der Waals surface area contributed by atoms with Crippen LogP contribution < -0.4 is 10.2 Å². The molecule has 138 valence electrons. The fourth-order valence-electron chi connectivity index (χ4n) is 3.11. The number of pyridine rings is 1. The van der Waals surface area contributed by atoms with E-state index in [0.29, 0.717) is 6.42 Å². The van der Waals surface area contributed by atoms with Gasteiger partial charge in [-0.1, -0.05) is 31.2 Å². The zero-order valence-corrected chi connectivity index (χ0v) is 15.7.